The van der Waals surface area contributed by atoms with Gasteiger partial charge in [0.25, 0.3) is 5.56 Å². The Morgan fingerprint density at radius 2 is 2.21 bits per heavy atom. The molecular formula is C9H15N3OS. The second-order valence-electron chi connectivity index (χ2n) is 4.02. The first kappa shape index (κ1) is 11.1. The van der Waals surface area contributed by atoms with Crippen molar-refractivity contribution in [1.29, 1.82) is 0 Å². The fraction of sp³-hybridized carbons (Fsp3) is 0.556. The van der Waals surface area contributed by atoms with Crippen LogP contribution < -0.4 is 11.3 Å². The highest BCUT2D eigenvalue weighted by molar-refractivity contribution is 7.99. The molecule has 0 unspecified atom stereocenters. The lowest BCUT2D eigenvalue weighted by Gasteiger charge is -2.16. The van der Waals surface area contributed by atoms with E-state index in [1.807, 2.05) is 0 Å². The van der Waals surface area contributed by atoms with Crippen LogP contribution in [0, 0.1) is 0 Å². The van der Waals surface area contributed by atoms with Crippen LogP contribution in [-0.4, -0.2) is 14.7 Å². The number of aromatic nitrogens is 2. The Morgan fingerprint density at radius 1 is 1.57 bits per heavy atom. The minimum atomic E-state index is -0.260. The molecule has 1 aromatic rings. The fourth-order valence-electron chi connectivity index (χ4n) is 0.800. The first-order chi connectivity index (χ1) is 6.38. The van der Waals surface area contributed by atoms with Crippen LogP contribution in [0.1, 0.15) is 26.6 Å². The monoisotopic (exact) mass is 213 g/mol. The van der Waals surface area contributed by atoms with Crippen LogP contribution in [0.3, 0.4) is 0 Å². The third-order valence-corrected chi connectivity index (χ3v) is 2.81. The highest BCUT2D eigenvalue weighted by Crippen LogP contribution is 2.25. The van der Waals surface area contributed by atoms with Gasteiger partial charge >= 0.3 is 0 Å². The van der Waals surface area contributed by atoms with Crippen LogP contribution in [0.25, 0.3) is 0 Å². The molecule has 1 heterocycles. The van der Waals surface area contributed by atoms with Crippen LogP contribution in [0.4, 0.5) is 5.69 Å². The molecule has 0 aliphatic rings. The molecule has 1 rings (SSSR count). The number of nitrogens with one attached hydrogen (secondary N) is 1. The smallest absolute Gasteiger partial charge is 0.274 e. The molecule has 0 spiro atoms. The first-order valence-electron chi connectivity index (χ1n) is 4.36. The molecule has 4 nitrogen and oxygen atoms in total. The van der Waals surface area contributed by atoms with Gasteiger partial charge in [-0.3, -0.25) is 4.79 Å². The molecule has 0 aliphatic carbocycles. The van der Waals surface area contributed by atoms with Gasteiger partial charge in [0, 0.05) is 4.75 Å². The van der Waals surface area contributed by atoms with E-state index in [1.165, 1.54) is 6.20 Å². The molecule has 1 aromatic heterocycles. The van der Waals surface area contributed by atoms with Crippen molar-refractivity contribution in [2.75, 3.05) is 5.73 Å². The van der Waals surface area contributed by atoms with Gasteiger partial charge in [-0.15, -0.1) is 11.8 Å². The van der Waals surface area contributed by atoms with Gasteiger partial charge in [-0.05, 0) is 0 Å². The maximum absolute atomic E-state index is 11.1. The van der Waals surface area contributed by atoms with Crippen molar-refractivity contribution in [3.63, 3.8) is 0 Å². The highest BCUT2D eigenvalue weighted by atomic mass is 32.2. The number of nitrogens with two attached hydrogens (primary N) is 1. The number of H-pyrrole nitrogens is 1. The van der Waals surface area contributed by atoms with E-state index in [-0.39, 0.29) is 16.0 Å². The second kappa shape index (κ2) is 4.04. The maximum atomic E-state index is 11.1. The normalized spacial score (nSPS) is 11.6. The fourth-order valence-corrected chi connectivity index (χ4v) is 1.52. The van der Waals surface area contributed by atoms with Crippen LogP contribution >= 0.6 is 11.8 Å². The van der Waals surface area contributed by atoms with Gasteiger partial charge < -0.3 is 10.7 Å². The van der Waals surface area contributed by atoms with Crippen LogP contribution in [0.15, 0.2) is 11.0 Å². The molecule has 0 radical (unpaired) electrons. The number of anilines is 1. The molecule has 5 heteroatoms. The number of aromatic amines is 1. The minimum absolute atomic E-state index is 0.162. The number of rotatable bonds is 2. The molecule has 3 N–H and O–H groups in total. The van der Waals surface area contributed by atoms with Crippen molar-refractivity contribution in [3.05, 3.63) is 22.4 Å². The Balaban J connectivity index is 2.70. The topological polar surface area (TPSA) is 71.8 Å². The summed E-state index contributed by atoms with van der Waals surface area (Å²) in [5.41, 5.74) is 5.26. The second-order valence-corrected chi connectivity index (χ2v) is 5.82. The summed E-state index contributed by atoms with van der Waals surface area (Å²) in [4.78, 5) is 17.8. The SMILES string of the molecule is CC(C)(C)SCc1ncc(N)c(=O)[nH]1. The molecule has 0 atom stereocenters. The zero-order valence-electron chi connectivity index (χ0n) is 8.63. The number of hydrogen-bond donors (Lipinski definition) is 2. The highest BCUT2D eigenvalue weighted by Gasteiger charge is 2.11. The van der Waals surface area contributed by atoms with Crippen LogP contribution in [0.5, 0.6) is 0 Å². The van der Waals surface area contributed by atoms with Crippen LogP contribution in [-0.2, 0) is 5.75 Å². The predicted molar refractivity (Wildman–Crippen MR) is 60.3 cm³/mol. The molecule has 0 saturated heterocycles. The molecule has 14 heavy (non-hydrogen) atoms. The van der Waals surface area contributed by atoms with Crippen molar-refractivity contribution in [1.82, 2.24) is 9.97 Å². The molecule has 0 aromatic carbocycles. The van der Waals surface area contributed by atoms with E-state index in [2.05, 4.69) is 30.7 Å². The Kier molecular flexibility index (Phi) is 3.21. The Labute approximate surface area is 87.3 Å². The molecule has 0 aliphatic heterocycles. The standard InChI is InChI=1S/C9H15N3OS/c1-9(2,3)14-5-7-11-4-6(10)8(13)12-7/h4H,5,10H2,1-3H3,(H,11,12,13). The van der Waals surface area contributed by atoms with Gasteiger partial charge in [0.2, 0.25) is 0 Å². The number of nitrogens with zero attached hydrogens (tertiary/aromatic N) is 1. The van der Waals surface area contributed by atoms with Crippen LogP contribution in [0.2, 0.25) is 0 Å². The maximum Gasteiger partial charge on any atom is 0.274 e. The predicted octanol–water partition coefficient (Wildman–Crippen LogP) is 1.38. The largest absolute Gasteiger partial charge is 0.393 e. The third kappa shape index (κ3) is 3.41. The van der Waals surface area contributed by atoms with Gasteiger partial charge in [0.05, 0.1) is 11.9 Å². The summed E-state index contributed by atoms with van der Waals surface area (Å²) in [6.45, 7) is 6.35. The number of hydrogen-bond acceptors (Lipinski definition) is 4. The lowest BCUT2D eigenvalue weighted by atomic mass is 10.3. The van der Waals surface area contributed by atoms with E-state index >= 15 is 0 Å². The molecule has 78 valence electrons. The lowest BCUT2D eigenvalue weighted by Crippen LogP contribution is -2.16. The van der Waals surface area contributed by atoms with Crippen molar-refractivity contribution in [2.24, 2.45) is 0 Å². The minimum Gasteiger partial charge on any atom is -0.393 e. The van der Waals surface area contributed by atoms with Crippen molar-refractivity contribution >= 4 is 17.4 Å². The Bertz CT molecular complexity index is 367. The van der Waals surface area contributed by atoms with E-state index in [0.29, 0.717) is 11.6 Å². The summed E-state index contributed by atoms with van der Waals surface area (Å²) < 4.78 is 0.167. The van der Waals surface area contributed by atoms with Crippen molar-refractivity contribution in [3.8, 4) is 0 Å². The molecule has 0 amide bonds. The summed E-state index contributed by atoms with van der Waals surface area (Å²) in [5.74, 6) is 1.36. The van der Waals surface area contributed by atoms with Crippen molar-refractivity contribution < 1.29 is 0 Å². The van der Waals surface area contributed by atoms with E-state index in [1.54, 1.807) is 11.8 Å². The molecule has 0 saturated carbocycles. The van der Waals surface area contributed by atoms with Gasteiger partial charge in [-0.2, -0.15) is 0 Å². The zero-order valence-corrected chi connectivity index (χ0v) is 9.44. The van der Waals surface area contributed by atoms with E-state index in [0.717, 1.165) is 0 Å². The Hall–Kier alpha value is -0.970. The van der Waals surface area contributed by atoms with E-state index < -0.39 is 0 Å². The molecular weight excluding hydrogens is 198 g/mol. The summed E-state index contributed by atoms with van der Waals surface area (Å²) in [5, 5.41) is 0. The third-order valence-electron chi connectivity index (χ3n) is 1.52. The van der Waals surface area contributed by atoms with E-state index in [4.69, 9.17) is 5.73 Å². The molecule has 0 fully saturated rings. The van der Waals surface area contributed by atoms with Gasteiger partial charge in [0.15, 0.2) is 0 Å². The average molecular weight is 213 g/mol. The van der Waals surface area contributed by atoms with E-state index in [9.17, 15) is 4.79 Å². The van der Waals surface area contributed by atoms with Gasteiger partial charge in [-0.25, -0.2) is 4.98 Å². The number of nitrogen functional groups attached to an aromatic ring is 1. The summed E-state index contributed by atoms with van der Waals surface area (Å²) in [6, 6.07) is 0. The first-order valence-corrected chi connectivity index (χ1v) is 5.35. The Morgan fingerprint density at radius 3 is 2.71 bits per heavy atom. The van der Waals surface area contributed by atoms with Crippen molar-refractivity contribution in [2.45, 2.75) is 31.3 Å². The van der Waals surface area contributed by atoms with Gasteiger partial charge in [0.1, 0.15) is 11.5 Å². The lowest BCUT2D eigenvalue weighted by molar-refractivity contribution is 0.799. The van der Waals surface area contributed by atoms with Gasteiger partial charge in [-0.1, -0.05) is 20.8 Å². The molecule has 0 bridgehead atoms. The zero-order chi connectivity index (χ0) is 10.8. The summed E-state index contributed by atoms with van der Waals surface area (Å²) in [7, 11) is 0. The summed E-state index contributed by atoms with van der Waals surface area (Å²) >= 11 is 1.73. The average Bonchev–Trinajstić information content (AvgIpc) is 2.06. The summed E-state index contributed by atoms with van der Waals surface area (Å²) in [6.07, 6.45) is 1.40. The quantitative estimate of drug-likeness (QED) is 0.778. The number of thioether (sulfide) groups is 1.